The van der Waals surface area contributed by atoms with Crippen molar-refractivity contribution in [1.82, 2.24) is 4.90 Å². The third-order valence-corrected chi connectivity index (χ3v) is 3.04. The largest absolute Gasteiger partial charge is 0.418 e. The number of hydrogen-bond acceptors (Lipinski definition) is 3. The molecule has 21 heavy (non-hydrogen) atoms. The highest BCUT2D eigenvalue weighted by molar-refractivity contribution is 5.95. The van der Waals surface area contributed by atoms with E-state index in [9.17, 15) is 18.0 Å². The van der Waals surface area contributed by atoms with E-state index < -0.39 is 23.3 Å². The third kappa shape index (κ3) is 4.63. The lowest BCUT2D eigenvalue weighted by Gasteiger charge is -2.22. The van der Waals surface area contributed by atoms with E-state index in [1.165, 1.54) is 11.0 Å². The fourth-order valence-electron chi connectivity index (χ4n) is 1.90. The molecule has 0 bridgehead atoms. The number of aliphatic hydroxyl groups excluding tert-OH is 1. The summed E-state index contributed by atoms with van der Waals surface area (Å²) in [5, 5.41) is 8.97. The zero-order valence-electron chi connectivity index (χ0n) is 11.8. The Morgan fingerprint density at radius 3 is 2.52 bits per heavy atom. The highest BCUT2D eigenvalue weighted by Gasteiger charge is 2.33. The number of alkyl halides is 3. The van der Waals surface area contributed by atoms with Crippen molar-refractivity contribution in [1.29, 1.82) is 0 Å². The summed E-state index contributed by atoms with van der Waals surface area (Å²) in [4.78, 5) is 13.6. The summed E-state index contributed by atoms with van der Waals surface area (Å²) < 4.78 is 38.4. The van der Waals surface area contributed by atoms with Crippen LogP contribution in [-0.4, -0.2) is 35.6 Å². The van der Waals surface area contributed by atoms with Gasteiger partial charge >= 0.3 is 6.18 Å². The van der Waals surface area contributed by atoms with E-state index in [2.05, 4.69) is 0 Å². The van der Waals surface area contributed by atoms with Crippen LogP contribution in [0.4, 0.5) is 18.9 Å². The van der Waals surface area contributed by atoms with Gasteiger partial charge in [-0.15, -0.1) is 0 Å². The van der Waals surface area contributed by atoms with E-state index in [1.54, 1.807) is 0 Å². The van der Waals surface area contributed by atoms with Gasteiger partial charge in [0.05, 0.1) is 12.2 Å². The molecule has 0 saturated carbocycles. The number of aliphatic hydroxyl groups is 1. The first-order chi connectivity index (χ1) is 9.81. The van der Waals surface area contributed by atoms with E-state index in [0.29, 0.717) is 13.0 Å². The molecule has 118 valence electrons. The Bertz CT molecular complexity index is 490. The highest BCUT2D eigenvalue weighted by atomic mass is 19.4. The van der Waals surface area contributed by atoms with Crippen LogP contribution in [0.1, 0.15) is 35.7 Å². The number of halogens is 3. The Kier molecular flexibility index (Phi) is 6.02. The normalized spacial score (nSPS) is 11.5. The minimum Gasteiger partial charge on any atom is -0.398 e. The Labute approximate surface area is 121 Å². The molecule has 0 aliphatic rings. The SMILES string of the molecule is CCCCN(CCO)C(=O)c1ccc(N)c(C(F)(F)F)c1. The molecule has 1 aromatic carbocycles. The number of nitrogens with zero attached hydrogens (tertiary/aromatic N) is 1. The molecular formula is C14H19F3N2O2. The predicted molar refractivity (Wildman–Crippen MR) is 73.8 cm³/mol. The lowest BCUT2D eigenvalue weighted by Crippen LogP contribution is -2.34. The van der Waals surface area contributed by atoms with Gasteiger partial charge in [-0.1, -0.05) is 13.3 Å². The Hall–Kier alpha value is -1.76. The summed E-state index contributed by atoms with van der Waals surface area (Å²) in [7, 11) is 0. The van der Waals surface area contributed by atoms with Crippen LogP contribution in [0, 0.1) is 0 Å². The van der Waals surface area contributed by atoms with Gasteiger partial charge in [0.15, 0.2) is 0 Å². The first kappa shape index (κ1) is 17.3. The second-order valence-corrected chi connectivity index (χ2v) is 4.67. The molecule has 4 nitrogen and oxygen atoms in total. The van der Waals surface area contributed by atoms with Crippen molar-refractivity contribution < 1.29 is 23.1 Å². The molecule has 7 heteroatoms. The van der Waals surface area contributed by atoms with Crippen molar-refractivity contribution in [3.8, 4) is 0 Å². The van der Waals surface area contributed by atoms with Crippen LogP contribution in [0.3, 0.4) is 0 Å². The molecule has 0 aliphatic heterocycles. The second-order valence-electron chi connectivity index (χ2n) is 4.67. The first-order valence-electron chi connectivity index (χ1n) is 6.68. The summed E-state index contributed by atoms with van der Waals surface area (Å²) in [6.45, 7) is 2.18. The van der Waals surface area contributed by atoms with Gasteiger partial charge in [-0.2, -0.15) is 13.2 Å². The standard InChI is InChI=1S/C14H19F3N2O2/c1-2-3-6-19(7-8-20)13(21)10-4-5-12(18)11(9-10)14(15,16)17/h4-5,9,20H,2-3,6-8,18H2,1H3. The third-order valence-electron chi connectivity index (χ3n) is 3.04. The van der Waals surface area contributed by atoms with Gasteiger partial charge in [-0.05, 0) is 24.6 Å². The van der Waals surface area contributed by atoms with Crippen molar-refractivity contribution in [3.63, 3.8) is 0 Å². The maximum Gasteiger partial charge on any atom is 0.418 e. The Morgan fingerprint density at radius 2 is 2.00 bits per heavy atom. The number of amides is 1. The maximum absolute atomic E-state index is 12.8. The minimum atomic E-state index is -4.61. The smallest absolute Gasteiger partial charge is 0.398 e. The molecule has 1 aromatic rings. The number of anilines is 1. The molecule has 1 rings (SSSR count). The summed E-state index contributed by atoms with van der Waals surface area (Å²) in [5.41, 5.74) is 3.79. The second kappa shape index (κ2) is 7.31. The van der Waals surface area contributed by atoms with Gasteiger partial charge in [0.25, 0.3) is 5.91 Å². The van der Waals surface area contributed by atoms with Crippen molar-refractivity contribution in [2.75, 3.05) is 25.4 Å². The van der Waals surface area contributed by atoms with E-state index in [-0.39, 0.29) is 18.7 Å². The molecular weight excluding hydrogens is 285 g/mol. The van der Waals surface area contributed by atoms with Crippen LogP contribution in [0.2, 0.25) is 0 Å². The van der Waals surface area contributed by atoms with Crippen LogP contribution in [0.5, 0.6) is 0 Å². The number of carbonyl (C=O) groups excluding carboxylic acids is 1. The summed E-state index contributed by atoms with van der Waals surface area (Å²) in [5.74, 6) is -0.539. The van der Waals surface area contributed by atoms with Crippen molar-refractivity contribution >= 4 is 11.6 Å². The minimum absolute atomic E-state index is 0.0823. The van der Waals surface area contributed by atoms with Gasteiger partial charge < -0.3 is 15.7 Å². The van der Waals surface area contributed by atoms with Crippen molar-refractivity contribution in [2.24, 2.45) is 0 Å². The number of unbranched alkanes of at least 4 members (excludes halogenated alkanes) is 1. The van der Waals surface area contributed by atoms with Gasteiger partial charge in [-0.3, -0.25) is 4.79 Å². The van der Waals surface area contributed by atoms with Crippen LogP contribution in [0.15, 0.2) is 18.2 Å². The fraction of sp³-hybridized carbons (Fsp3) is 0.500. The average Bonchev–Trinajstić information content (AvgIpc) is 2.42. The van der Waals surface area contributed by atoms with Gasteiger partial charge in [-0.25, -0.2) is 0 Å². The molecule has 0 aromatic heterocycles. The maximum atomic E-state index is 12.8. The number of nitrogens with two attached hydrogens (primary N) is 1. The molecule has 0 atom stereocenters. The van der Waals surface area contributed by atoms with E-state index in [1.807, 2.05) is 6.92 Å². The van der Waals surface area contributed by atoms with Crippen molar-refractivity contribution in [2.45, 2.75) is 25.9 Å². The van der Waals surface area contributed by atoms with Gasteiger partial charge in [0.2, 0.25) is 0 Å². The Balaban J connectivity index is 3.05. The zero-order valence-corrected chi connectivity index (χ0v) is 11.8. The first-order valence-corrected chi connectivity index (χ1v) is 6.68. The molecule has 0 aliphatic carbocycles. The molecule has 0 unspecified atom stereocenters. The number of benzene rings is 1. The lowest BCUT2D eigenvalue weighted by molar-refractivity contribution is -0.136. The molecule has 0 heterocycles. The zero-order chi connectivity index (χ0) is 16.0. The molecule has 0 fully saturated rings. The summed E-state index contributed by atoms with van der Waals surface area (Å²) >= 11 is 0. The monoisotopic (exact) mass is 304 g/mol. The van der Waals surface area contributed by atoms with Crippen LogP contribution < -0.4 is 5.73 Å². The molecule has 1 amide bonds. The fourth-order valence-corrected chi connectivity index (χ4v) is 1.90. The number of carbonyl (C=O) groups is 1. The van der Waals surface area contributed by atoms with E-state index in [4.69, 9.17) is 10.8 Å². The lowest BCUT2D eigenvalue weighted by atomic mass is 10.1. The summed E-state index contributed by atoms with van der Waals surface area (Å²) in [6.07, 6.45) is -3.05. The molecule has 0 saturated heterocycles. The number of rotatable bonds is 6. The van der Waals surface area contributed by atoms with Crippen LogP contribution in [0.25, 0.3) is 0 Å². The summed E-state index contributed by atoms with van der Waals surface area (Å²) in [6, 6.07) is 3.10. The number of hydrogen-bond donors (Lipinski definition) is 2. The van der Waals surface area contributed by atoms with Gasteiger partial charge in [0.1, 0.15) is 0 Å². The molecule has 3 N–H and O–H groups in total. The van der Waals surface area contributed by atoms with Crippen LogP contribution >= 0.6 is 0 Å². The predicted octanol–water partition coefficient (Wildman–Crippen LogP) is 2.52. The highest BCUT2D eigenvalue weighted by Crippen LogP contribution is 2.34. The van der Waals surface area contributed by atoms with E-state index >= 15 is 0 Å². The van der Waals surface area contributed by atoms with Gasteiger partial charge in [0, 0.05) is 24.3 Å². The van der Waals surface area contributed by atoms with Crippen molar-refractivity contribution in [3.05, 3.63) is 29.3 Å². The number of nitrogen functional groups attached to an aromatic ring is 1. The van der Waals surface area contributed by atoms with E-state index in [0.717, 1.165) is 18.6 Å². The average molecular weight is 304 g/mol. The van der Waals surface area contributed by atoms with Crippen LogP contribution in [-0.2, 0) is 6.18 Å². The topological polar surface area (TPSA) is 66.6 Å². The molecule has 0 spiro atoms. The molecule has 0 radical (unpaired) electrons. The Morgan fingerprint density at radius 1 is 1.33 bits per heavy atom. The quantitative estimate of drug-likeness (QED) is 0.794.